The number of rotatable bonds is 4. The fourth-order valence-corrected chi connectivity index (χ4v) is 1.82. The summed E-state index contributed by atoms with van der Waals surface area (Å²) in [5.41, 5.74) is 2.23. The average Bonchev–Trinajstić information content (AvgIpc) is 2.76. The van der Waals surface area contributed by atoms with E-state index in [4.69, 9.17) is 11.6 Å². The molecule has 84 valence electrons. The summed E-state index contributed by atoms with van der Waals surface area (Å²) in [4.78, 5) is 0. The Morgan fingerprint density at radius 2 is 2.19 bits per heavy atom. The maximum absolute atomic E-state index is 6.00. The monoisotopic (exact) mass is 299 g/mol. The number of aromatic amines is 1. The van der Waals surface area contributed by atoms with Gasteiger partial charge in [0.05, 0.1) is 5.02 Å². The van der Waals surface area contributed by atoms with Crippen molar-refractivity contribution in [3.63, 3.8) is 0 Å². The molecule has 16 heavy (non-hydrogen) atoms. The van der Waals surface area contributed by atoms with E-state index >= 15 is 0 Å². The standard InChI is InChI=1S/C11H11BrClN3/c12-10-2-1-8(5-11(10)13)6-14-7-9-3-4-15-16-9/h1-5,14H,6-7H2,(H,15,16). The molecular formula is C11H11BrClN3. The van der Waals surface area contributed by atoms with E-state index < -0.39 is 0 Å². The van der Waals surface area contributed by atoms with Gasteiger partial charge in [-0.2, -0.15) is 5.10 Å². The summed E-state index contributed by atoms with van der Waals surface area (Å²) in [6.45, 7) is 1.56. The molecular weight excluding hydrogens is 289 g/mol. The molecule has 5 heteroatoms. The van der Waals surface area contributed by atoms with E-state index in [0.717, 1.165) is 33.8 Å². The Bertz CT molecular complexity index is 456. The summed E-state index contributed by atoms with van der Waals surface area (Å²) in [6, 6.07) is 7.89. The highest BCUT2D eigenvalue weighted by molar-refractivity contribution is 9.10. The van der Waals surface area contributed by atoms with Crippen molar-refractivity contribution in [1.29, 1.82) is 0 Å². The minimum absolute atomic E-state index is 0.737. The first-order chi connectivity index (χ1) is 7.75. The number of H-pyrrole nitrogens is 1. The van der Waals surface area contributed by atoms with E-state index in [1.807, 2.05) is 24.3 Å². The zero-order chi connectivity index (χ0) is 11.4. The van der Waals surface area contributed by atoms with Gasteiger partial charge < -0.3 is 5.32 Å². The Morgan fingerprint density at radius 3 is 2.88 bits per heavy atom. The van der Waals surface area contributed by atoms with Gasteiger partial charge in [0.2, 0.25) is 0 Å². The van der Waals surface area contributed by atoms with E-state index in [1.54, 1.807) is 6.20 Å². The third kappa shape index (κ3) is 3.07. The average molecular weight is 301 g/mol. The van der Waals surface area contributed by atoms with Crippen molar-refractivity contribution in [2.45, 2.75) is 13.1 Å². The van der Waals surface area contributed by atoms with Crippen LogP contribution in [0.2, 0.25) is 5.02 Å². The minimum atomic E-state index is 0.737. The Balaban J connectivity index is 1.87. The quantitative estimate of drug-likeness (QED) is 0.911. The van der Waals surface area contributed by atoms with Crippen LogP contribution in [0, 0.1) is 0 Å². The van der Waals surface area contributed by atoms with Crippen molar-refractivity contribution >= 4 is 27.5 Å². The zero-order valence-corrected chi connectivity index (χ0v) is 10.8. The molecule has 3 nitrogen and oxygen atoms in total. The lowest BCUT2D eigenvalue weighted by molar-refractivity contribution is 0.677. The maximum Gasteiger partial charge on any atom is 0.0551 e. The Morgan fingerprint density at radius 1 is 1.31 bits per heavy atom. The molecule has 0 spiro atoms. The summed E-state index contributed by atoms with van der Waals surface area (Å²) in [7, 11) is 0. The number of hydrogen-bond acceptors (Lipinski definition) is 2. The SMILES string of the molecule is Clc1cc(CNCc2ccn[nH]2)ccc1Br. The van der Waals surface area contributed by atoms with Crippen LogP contribution in [0.15, 0.2) is 34.9 Å². The second-order valence-corrected chi connectivity index (χ2v) is 4.70. The third-order valence-electron chi connectivity index (χ3n) is 2.19. The van der Waals surface area contributed by atoms with Gasteiger partial charge in [-0.05, 0) is 39.7 Å². The van der Waals surface area contributed by atoms with Crippen LogP contribution < -0.4 is 5.32 Å². The predicted octanol–water partition coefficient (Wildman–Crippen LogP) is 3.12. The first-order valence-corrected chi connectivity index (χ1v) is 6.05. The zero-order valence-electron chi connectivity index (χ0n) is 8.50. The normalized spacial score (nSPS) is 10.6. The molecule has 0 saturated heterocycles. The fraction of sp³-hybridized carbons (Fsp3) is 0.182. The molecule has 0 aliphatic carbocycles. The first-order valence-electron chi connectivity index (χ1n) is 4.88. The largest absolute Gasteiger partial charge is 0.307 e. The molecule has 0 aliphatic heterocycles. The number of hydrogen-bond donors (Lipinski definition) is 2. The van der Waals surface area contributed by atoms with Gasteiger partial charge >= 0.3 is 0 Å². The molecule has 2 rings (SSSR count). The van der Waals surface area contributed by atoms with E-state index in [9.17, 15) is 0 Å². The highest BCUT2D eigenvalue weighted by Crippen LogP contribution is 2.23. The molecule has 0 saturated carbocycles. The molecule has 0 bridgehead atoms. The summed E-state index contributed by atoms with van der Waals surface area (Å²) in [5.74, 6) is 0. The molecule has 0 amide bonds. The van der Waals surface area contributed by atoms with Crippen molar-refractivity contribution in [3.05, 3.63) is 51.2 Å². The molecule has 1 aromatic heterocycles. The first kappa shape index (κ1) is 11.6. The molecule has 0 unspecified atom stereocenters. The smallest absolute Gasteiger partial charge is 0.0551 e. The van der Waals surface area contributed by atoms with E-state index in [2.05, 4.69) is 31.4 Å². The lowest BCUT2D eigenvalue weighted by atomic mass is 10.2. The van der Waals surface area contributed by atoms with Gasteiger partial charge in [0, 0.05) is 29.5 Å². The Labute approximate surface area is 107 Å². The molecule has 2 aromatic rings. The maximum atomic E-state index is 6.00. The minimum Gasteiger partial charge on any atom is -0.307 e. The second kappa shape index (κ2) is 5.48. The van der Waals surface area contributed by atoms with Crippen LogP contribution >= 0.6 is 27.5 Å². The number of aromatic nitrogens is 2. The second-order valence-electron chi connectivity index (χ2n) is 3.43. The number of nitrogens with one attached hydrogen (secondary N) is 2. The topological polar surface area (TPSA) is 40.7 Å². The number of nitrogens with zero attached hydrogens (tertiary/aromatic N) is 1. The molecule has 0 atom stereocenters. The van der Waals surface area contributed by atoms with Crippen molar-refractivity contribution in [2.24, 2.45) is 0 Å². The fourth-order valence-electron chi connectivity index (χ4n) is 1.37. The van der Waals surface area contributed by atoms with E-state index in [-0.39, 0.29) is 0 Å². The van der Waals surface area contributed by atoms with Crippen LogP contribution in [0.3, 0.4) is 0 Å². The van der Waals surface area contributed by atoms with Gasteiger partial charge in [0.15, 0.2) is 0 Å². The lowest BCUT2D eigenvalue weighted by Crippen LogP contribution is -2.12. The Kier molecular flexibility index (Phi) is 3.98. The Hall–Kier alpha value is -0.840. The molecule has 0 radical (unpaired) electrons. The van der Waals surface area contributed by atoms with Crippen LogP contribution in [-0.4, -0.2) is 10.2 Å². The highest BCUT2D eigenvalue weighted by Gasteiger charge is 1.99. The van der Waals surface area contributed by atoms with Crippen LogP contribution in [0.5, 0.6) is 0 Å². The predicted molar refractivity (Wildman–Crippen MR) is 68.3 cm³/mol. The highest BCUT2D eigenvalue weighted by atomic mass is 79.9. The molecule has 0 aliphatic rings. The van der Waals surface area contributed by atoms with Gasteiger partial charge in [-0.25, -0.2) is 0 Å². The summed E-state index contributed by atoms with van der Waals surface area (Å²) < 4.78 is 0.923. The third-order valence-corrected chi connectivity index (χ3v) is 3.42. The van der Waals surface area contributed by atoms with Gasteiger partial charge in [-0.3, -0.25) is 5.10 Å². The van der Waals surface area contributed by atoms with Crippen molar-refractivity contribution in [1.82, 2.24) is 15.5 Å². The molecule has 1 aromatic carbocycles. The van der Waals surface area contributed by atoms with Crippen LogP contribution in [0.1, 0.15) is 11.3 Å². The summed E-state index contributed by atoms with van der Waals surface area (Å²) in [5, 5.41) is 10.8. The van der Waals surface area contributed by atoms with E-state index in [1.165, 1.54) is 0 Å². The van der Waals surface area contributed by atoms with Crippen molar-refractivity contribution in [2.75, 3.05) is 0 Å². The summed E-state index contributed by atoms with van der Waals surface area (Å²) >= 11 is 9.36. The van der Waals surface area contributed by atoms with Gasteiger partial charge in [0.1, 0.15) is 0 Å². The lowest BCUT2D eigenvalue weighted by Gasteiger charge is -2.04. The number of benzene rings is 1. The van der Waals surface area contributed by atoms with Crippen LogP contribution in [0.25, 0.3) is 0 Å². The van der Waals surface area contributed by atoms with Crippen molar-refractivity contribution in [3.8, 4) is 0 Å². The number of halogens is 2. The van der Waals surface area contributed by atoms with E-state index in [0.29, 0.717) is 0 Å². The molecule has 2 N–H and O–H groups in total. The van der Waals surface area contributed by atoms with Gasteiger partial charge in [-0.15, -0.1) is 0 Å². The van der Waals surface area contributed by atoms with Crippen LogP contribution in [-0.2, 0) is 13.1 Å². The van der Waals surface area contributed by atoms with Gasteiger partial charge in [-0.1, -0.05) is 17.7 Å². The molecule has 1 heterocycles. The molecule has 0 fully saturated rings. The van der Waals surface area contributed by atoms with Crippen LogP contribution in [0.4, 0.5) is 0 Å². The van der Waals surface area contributed by atoms with Gasteiger partial charge in [0.25, 0.3) is 0 Å². The van der Waals surface area contributed by atoms with Crippen molar-refractivity contribution < 1.29 is 0 Å². The summed E-state index contributed by atoms with van der Waals surface area (Å²) in [6.07, 6.45) is 1.74.